The zero-order valence-electron chi connectivity index (χ0n) is 15.1. The van der Waals surface area contributed by atoms with Crippen molar-refractivity contribution in [3.8, 4) is 17.2 Å². The first-order valence-electron chi connectivity index (χ1n) is 7.86. The Kier molecular flexibility index (Phi) is 6.43. The lowest BCUT2D eigenvalue weighted by molar-refractivity contribution is -0.123. The minimum absolute atomic E-state index is 0.203. The Balaban J connectivity index is 2.05. The monoisotopic (exact) mass is 359 g/mol. The lowest BCUT2D eigenvalue weighted by Gasteiger charge is -2.15. The van der Waals surface area contributed by atoms with Crippen LogP contribution < -0.4 is 19.5 Å². The standard InChI is InChI=1S/C19H21NO6/c1-12(18(21)20-13-6-5-7-14(10-13)23-2)26-19(22)16-9-8-15(24-3)11-17(16)25-4/h5-12H,1-4H3,(H,20,21)/t12-/m0/s1. The van der Waals surface area contributed by atoms with Crippen molar-refractivity contribution in [2.24, 2.45) is 0 Å². The van der Waals surface area contributed by atoms with E-state index in [4.69, 9.17) is 18.9 Å². The van der Waals surface area contributed by atoms with E-state index in [9.17, 15) is 9.59 Å². The molecule has 0 heterocycles. The first-order valence-corrected chi connectivity index (χ1v) is 7.86. The van der Waals surface area contributed by atoms with E-state index in [0.717, 1.165) is 0 Å². The predicted octanol–water partition coefficient (Wildman–Crippen LogP) is 2.90. The van der Waals surface area contributed by atoms with Gasteiger partial charge in [0.2, 0.25) is 0 Å². The summed E-state index contributed by atoms with van der Waals surface area (Å²) < 4.78 is 20.6. The molecule has 7 heteroatoms. The van der Waals surface area contributed by atoms with Gasteiger partial charge >= 0.3 is 5.97 Å². The molecule has 0 saturated carbocycles. The lowest BCUT2D eigenvalue weighted by atomic mass is 10.2. The third-order valence-electron chi connectivity index (χ3n) is 3.62. The molecule has 0 fully saturated rings. The number of hydrogen-bond acceptors (Lipinski definition) is 6. The molecule has 0 radical (unpaired) electrons. The molecule has 1 amide bonds. The van der Waals surface area contributed by atoms with E-state index in [2.05, 4.69) is 5.32 Å². The van der Waals surface area contributed by atoms with Gasteiger partial charge in [0.1, 0.15) is 22.8 Å². The molecule has 1 N–H and O–H groups in total. The molecule has 138 valence electrons. The third-order valence-corrected chi connectivity index (χ3v) is 3.62. The van der Waals surface area contributed by atoms with Crippen LogP contribution in [0.4, 0.5) is 5.69 Å². The molecule has 0 aliphatic rings. The summed E-state index contributed by atoms with van der Waals surface area (Å²) in [7, 11) is 4.48. The molecular weight excluding hydrogens is 338 g/mol. The van der Waals surface area contributed by atoms with Crippen molar-refractivity contribution in [3.05, 3.63) is 48.0 Å². The number of anilines is 1. The molecule has 0 saturated heterocycles. The fourth-order valence-electron chi connectivity index (χ4n) is 2.19. The minimum Gasteiger partial charge on any atom is -0.497 e. The third kappa shape index (κ3) is 4.66. The van der Waals surface area contributed by atoms with Crippen molar-refractivity contribution in [1.29, 1.82) is 0 Å². The highest BCUT2D eigenvalue weighted by Gasteiger charge is 2.22. The Morgan fingerprint density at radius 3 is 2.27 bits per heavy atom. The highest BCUT2D eigenvalue weighted by molar-refractivity contribution is 5.98. The number of ether oxygens (including phenoxy) is 4. The molecule has 2 aromatic carbocycles. The molecule has 0 aromatic heterocycles. The van der Waals surface area contributed by atoms with Crippen LogP contribution in [-0.4, -0.2) is 39.3 Å². The second kappa shape index (κ2) is 8.75. The Labute approximate surface area is 151 Å². The van der Waals surface area contributed by atoms with Crippen LogP contribution >= 0.6 is 0 Å². The van der Waals surface area contributed by atoms with Crippen LogP contribution in [0, 0.1) is 0 Å². The Hall–Kier alpha value is -3.22. The van der Waals surface area contributed by atoms with Crippen LogP contribution in [0.15, 0.2) is 42.5 Å². The zero-order valence-corrected chi connectivity index (χ0v) is 15.1. The van der Waals surface area contributed by atoms with Gasteiger partial charge in [-0.3, -0.25) is 4.79 Å². The first-order chi connectivity index (χ1) is 12.5. The molecule has 0 bridgehead atoms. The summed E-state index contributed by atoms with van der Waals surface area (Å²) in [5.74, 6) is 0.323. The number of esters is 1. The van der Waals surface area contributed by atoms with E-state index in [-0.39, 0.29) is 5.56 Å². The summed E-state index contributed by atoms with van der Waals surface area (Å²) in [5, 5.41) is 2.67. The van der Waals surface area contributed by atoms with Crippen molar-refractivity contribution in [2.45, 2.75) is 13.0 Å². The van der Waals surface area contributed by atoms with Crippen LogP contribution in [0.2, 0.25) is 0 Å². The number of carbonyl (C=O) groups is 2. The number of benzene rings is 2. The quantitative estimate of drug-likeness (QED) is 0.766. The van der Waals surface area contributed by atoms with Crippen LogP contribution in [0.1, 0.15) is 17.3 Å². The smallest absolute Gasteiger partial charge is 0.342 e. The highest BCUT2D eigenvalue weighted by atomic mass is 16.5. The van der Waals surface area contributed by atoms with Crippen molar-refractivity contribution in [1.82, 2.24) is 0 Å². The molecular formula is C19H21NO6. The molecule has 0 aliphatic carbocycles. The molecule has 0 spiro atoms. The molecule has 2 rings (SSSR count). The van der Waals surface area contributed by atoms with Gasteiger partial charge in [0.15, 0.2) is 6.10 Å². The molecule has 2 aromatic rings. The summed E-state index contributed by atoms with van der Waals surface area (Å²) in [4.78, 5) is 24.6. The fourth-order valence-corrected chi connectivity index (χ4v) is 2.19. The predicted molar refractivity (Wildman–Crippen MR) is 96.0 cm³/mol. The van der Waals surface area contributed by atoms with Crippen molar-refractivity contribution >= 4 is 17.6 Å². The van der Waals surface area contributed by atoms with E-state index in [1.807, 2.05) is 0 Å². The van der Waals surface area contributed by atoms with Gasteiger partial charge < -0.3 is 24.3 Å². The van der Waals surface area contributed by atoms with Gasteiger partial charge in [-0.25, -0.2) is 4.79 Å². The first kappa shape index (κ1) is 19.1. The van der Waals surface area contributed by atoms with Gasteiger partial charge in [-0.2, -0.15) is 0 Å². The molecule has 1 atom stereocenters. The van der Waals surface area contributed by atoms with Crippen LogP contribution in [-0.2, 0) is 9.53 Å². The normalized spacial score (nSPS) is 11.2. The van der Waals surface area contributed by atoms with Crippen LogP contribution in [0.5, 0.6) is 17.2 Å². The van der Waals surface area contributed by atoms with Gasteiger partial charge in [-0.1, -0.05) is 6.07 Å². The van der Waals surface area contributed by atoms with E-state index >= 15 is 0 Å². The van der Waals surface area contributed by atoms with Gasteiger partial charge in [0.25, 0.3) is 5.91 Å². The van der Waals surface area contributed by atoms with Gasteiger partial charge in [-0.05, 0) is 31.2 Å². The SMILES string of the molecule is COc1cccc(NC(=O)[C@H](C)OC(=O)c2ccc(OC)cc2OC)c1. The Morgan fingerprint density at radius 1 is 0.923 bits per heavy atom. The maximum atomic E-state index is 12.3. The minimum atomic E-state index is -1.000. The maximum Gasteiger partial charge on any atom is 0.342 e. The molecule has 0 unspecified atom stereocenters. The second-order valence-electron chi connectivity index (χ2n) is 5.33. The van der Waals surface area contributed by atoms with Crippen LogP contribution in [0.25, 0.3) is 0 Å². The zero-order chi connectivity index (χ0) is 19.1. The van der Waals surface area contributed by atoms with Gasteiger partial charge in [0, 0.05) is 17.8 Å². The van der Waals surface area contributed by atoms with Gasteiger partial charge in [-0.15, -0.1) is 0 Å². The summed E-state index contributed by atoms with van der Waals surface area (Å²) in [6, 6.07) is 11.6. The average molecular weight is 359 g/mol. The Bertz CT molecular complexity index is 789. The largest absolute Gasteiger partial charge is 0.497 e. The maximum absolute atomic E-state index is 12.3. The number of nitrogens with one attached hydrogen (secondary N) is 1. The topological polar surface area (TPSA) is 83.1 Å². The summed E-state index contributed by atoms with van der Waals surface area (Å²) in [5.41, 5.74) is 0.744. The number of amides is 1. The highest BCUT2D eigenvalue weighted by Crippen LogP contribution is 2.25. The second-order valence-corrected chi connectivity index (χ2v) is 5.33. The van der Waals surface area contributed by atoms with Gasteiger partial charge in [0.05, 0.1) is 21.3 Å². The summed E-state index contributed by atoms with van der Waals surface area (Å²) in [6.45, 7) is 1.49. The van der Waals surface area contributed by atoms with Crippen molar-refractivity contribution in [3.63, 3.8) is 0 Å². The molecule has 7 nitrogen and oxygen atoms in total. The van der Waals surface area contributed by atoms with E-state index in [1.165, 1.54) is 34.3 Å². The number of hydrogen-bond donors (Lipinski definition) is 1. The number of carbonyl (C=O) groups excluding carboxylic acids is 2. The molecule has 26 heavy (non-hydrogen) atoms. The van der Waals surface area contributed by atoms with E-state index < -0.39 is 18.0 Å². The number of rotatable bonds is 7. The number of methoxy groups -OCH3 is 3. The summed E-state index contributed by atoms with van der Waals surface area (Å²) in [6.07, 6.45) is -1.000. The van der Waals surface area contributed by atoms with Crippen LogP contribution in [0.3, 0.4) is 0 Å². The Morgan fingerprint density at radius 2 is 1.62 bits per heavy atom. The van der Waals surface area contributed by atoms with E-state index in [0.29, 0.717) is 22.9 Å². The van der Waals surface area contributed by atoms with Crippen molar-refractivity contribution < 1.29 is 28.5 Å². The average Bonchev–Trinajstić information content (AvgIpc) is 2.67. The lowest BCUT2D eigenvalue weighted by Crippen LogP contribution is -2.30. The molecule has 0 aliphatic heterocycles. The van der Waals surface area contributed by atoms with E-state index in [1.54, 1.807) is 36.4 Å². The van der Waals surface area contributed by atoms with Crippen molar-refractivity contribution in [2.75, 3.05) is 26.6 Å². The fraction of sp³-hybridized carbons (Fsp3) is 0.263. The summed E-state index contributed by atoms with van der Waals surface area (Å²) >= 11 is 0.